The van der Waals surface area contributed by atoms with E-state index in [0.717, 1.165) is 18.4 Å². The van der Waals surface area contributed by atoms with Gasteiger partial charge in [0.2, 0.25) is 0 Å². The molecular formula is C18H26O. The van der Waals surface area contributed by atoms with Crippen LogP contribution in [0.5, 0.6) is 0 Å². The largest absolute Gasteiger partial charge is 0.294 e. The molecule has 1 rings (SSSR count). The summed E-state index contributed by atoms with van der Waals surface area (Å²) >= 11 is 0. The van der Waals surface area contributed by atoms with Crippen molar-refractivity contribution in [3.63, 3.8) is 0 Å². The number of rotatable bonds is 10. The van der Waals surface area contributed by atoms with E-state index < -0.39 is 0 Å². The first-order valence-electron chi connectivity index (χ1n) is 7.51. The summed E-state index contributed by atoms with van der Waals surface area (Å²) in [5.41, 5.74) is 2.17. The molecule has 0 aliphatic rings. The minimum Gasteiger partial charge on any atom is -0.294 e. The molecule has 104 valence electrons. The number of unbranched alkanes of at least 4 members (excludes halogenated alkanes) is 4. The Morgan fingerprint density at radius 2 is 1.79 bits per heavy atom. The van der Waals surface area contributed by atoms with E-state index in [1.807, 2.05) is 12.1 Å². The van der Waals surface area contributed by atoms with Crippen molar-refractivity contribution in [2.24, 2.45) is 0 Å². The summed E-state index contributed by atoms with van der Waals surface area (Å²) in [5, 5.41) is 0. The van der Waals surface area contributed by atoms with Crippen molar-refractivity contribution in [2.45, 2.75) is 58.3 Å². The molecule has 0 unspecified atom stereocenters. The van der Waals surface area contributed by atoms with Gasteiger partial charge in [-0.25, -0.2) is 0 Å². The standard InChI is InChI=1S/C18H26O/c1-3-5-7-8-9-10-16-12-14-17(15-13-16)18(19)11-6-4-2/h4,12-15H,2-3,5-11H2,1H3. The molecule has 0 spiro atoms. The molecule has 0 N–H and O–H groups in total. The fourth-order valence-corrected chi connectivity index (χ4v) is 2.17. The van der Waals surface area contributed by atoms with Crippen LogP contribution >= 0.6 is 0 Å². The van der Waals surface area contributed by atoms with Crippen molar-refractivity contribution in [1.29, 1.82) is 0 Å². The molecule has 0 radical (unpaired) electrons. The predicted molar refractivity (Wildman–Crippen MR) is 82.7 cm³/mol. The van der Waals surface area contributed by atoms with Gasteiger partial charge in [-0.05, 0) is 24.8 Å². The third-order valence-electron chi connectivity index (χ3n) is 3.42. The summed E-state index contributed by atoms with van der Waals surface area (Å²) in [6.45, 7) is 5.88. The van der Waals surface area contributed by atoms with Crippen molar-refractivity contribution in [1.82, 2.24) is 0 Å². The second kappa shape index (κ2) is 9.55. The molecule has 0 amide bonds. The summed E-state index contributed by atoms with van der Waals surface area (Å²) < 4.78 is 0. The summed E-state index contributed by atoms with van der Waals surface area (Å²) in [5.74, 6) is 0.217. The number of hydrogen-bond donors (Lipinski definition) is 0. The zero-order chi connectivity index (χ0) is 13.9. The average molecular weight is 258 g/mol. The number of benzene rings is 1. The van der Waals surface area contributed by atoms with Gasteiger partial charge >= 0.3 is 0 Å². The topological polar surface area (TPSA) is 17.1 Å². The van der Waals surface area contributed by atoms with Crippen molar-refractivity contribution in [2.75, 3.05) is 0 Å². The molecule has 0 aromatic heterocycles. The van der Waals surface area contributed by atoms with Crippen molar-refractivity contribution in [3.05, 3.63) is 48.0 Å². The molecule has 1 nitrogen and oxygen atoms in total. The Morgan fingerprint density at radius 3 is 2.42 bits per heavy atom. The minimum absolute atomic E-state index is 0.217. The van der Waals surface area contributed by atoms with Gasteiger partial charge in [0, 0.05) is 12.0 Å². The lowest BCUT2D eigenvalue weighted by Gasteiger charge is -2.04. The number of aryl methyl sites for hydroxylation is 1. The predicted octanol–water partition coefficient (Wildman–Crippen LogP) is 5.35. The van der Waals surface area contributed by atoms with Crippen LogP contribution in [0.25, 0.3) is 0 Å². The molecule has 0 heterocycles. The van der Waals surface area contributed by atoms with Gasteiger partial charge in [0.1, 0.15) is 0 Å². The highest BCUT2D eigenvalue weighted by Crippen LogP contribution is 2.12. The van der Waals surface area contributed by atoms with Crippen molar-refractivity contribution >= 4 is 5.78 Å². The van der Waals surface area contributed by atoms with E-state index in [2.05, 4.69) is 25.6 Å². The van der Waals surface area contributed by atoms with Crippen LogP contribution < -0.4 is 0 Å². The second-order valence-corrected chi connectivity index (χ2v) is 5.11. The molecule has 19 heavy (non-hydrogen) atoms. The molecule has 0 atom stereocenters. The highest BCUT2D eigenvalue weighted by molar-refractivity contribution is 5.96. The van der Waals surface area contributed by atoms with Gasteiger partial charge in [-0.2, -0.15) is 0 Å². The number of hydrogen-bond acceptors (Lipinski definition) is 1. The maximum Gasteiger partial charge on any atom is 0.163 e. The van der Waals surface area contributed by atoms with E-state index in [9.17, 15) is 4.79 Å². The lowest BCUT2D eigenvalue weighted by Crippen LogP contribution is -1.98. The van der Waals surface area contributed by atoms with Crippen molar-refractivity contribution < 1.29 is 4.79 Å². The second-order valence-electron chi connectivity index (χ2n) is 5.11. The molecule has 0 aliphatic heterocycles. The van der Waals surface area contributed by atoms with E-state index in [-0.39, 0.29) is 5.78 Å². The molecule has 1 aromatic carbocycles. The van der Waals surface area contributed by atoms with Gasteiger partial charge in [0.25, 0.3) is 0 Å². The molecule has 0 saturated carbocycles. The molecule has 1 heteroatoms. The van der Waals surface area contributed by atoms with Crippen LogP contribution in [0.15, 0.2) is 36.9 Å². The Bertz CT molecular complexity index is 375. The number of carbonyl (C=O) groups is 1. The monoisotopic (exact) mass is 258 g/mol. The first-order valence-corrected chi connectivity index (χ1v) is 7.51. The lowest BCUT2D eigenvalue weighted by molar-refractivity contribution is 0.0983. The van der Waals surface area contributed by atoms with Gasteiger partial charge < -0.3 is 0 Å². The quantitative estimate of drug-likeness (QED) is 0.314. The van der Waals surface area contributed by atoms with E-state index in [1.54, 1.807) is 6.08 Å². The van der Waals surface area contributed by atoms with Gasteiger partial charge in [-0.1, -0.05) is 62.9 Å². The molecule has 0 bridgehead atoms. The third kappa shape index (κ3) is 6.37. The van der Waals surface area contributed by atoms with Crippen LogP contribution in [0.1, 0.15) is 67.8 Å². The first-order chi connectivity index (χ1) is 9.27. The number of ketones is 1. The fraction of sp³-hybridized carbons (Fsp3) is 0.500. The Morgan fingerprint density at radius 1 is 1.11 bits per heavy atom. The van der Waals surface area contributed by atoms with Gasteiger partial charge in [-0.15, -0.1) is 6.58 Å². The van der Waals surface area contributed by atoms with E-state index in [0.29, 0.717) is 6.42 Å². The first kappa shape index (κ1) is 15.7. The highest BCUT2D eigenvalue weighted by Gasteiger charge is 2.04. The van der Waals surface area contributed by atoms with Crippen LogP contribution in [0.3, 0.4) is 0 Å². The minimum atomic E-state index is 0.217. The molecule has 0 aliphatic carbocycles. The molecule has 0 saturated heterocycles. The molecule has 1 aromatic rings. The van der Waals surface area contributed by atoms with Crippen LogP contribution in [-0.2, 0) is 6.42 Å². The highest BCUT2D eigenvalue weighted by atomic mass is 16.1. The van der Waals surface area contributed by atoms with Crippen LogP contribution in [0, 0.1) is 0 Å². The normalized spacial score (nSPS) is 10.4. The van der Waals surface area contributed by atoms with Gasteiger partial charge in [0.15, 0.2) is 5.78 Å². The Hall–Kier alpha value is -1.37. The van der Waals surface area contributed by atoms with Crippen molar-refractivity contribution in [3.8, 4) is 0 Å². The molecule has 0 fully saturated rings. The van der Waals surface area contributed by atoms with E-state index in [4.69, 9.17) is 0 Å². The van der Waals surface area contributed by atoms with Gasteiger partial charge in [0.05, 0.1) is 0 Å². The zero-order valence-electron chi connectivity index (χ0n) is 12.2. The number of Topliss-reactive ketones (excluding diaryl/α,β-unsaturated/α-hetero) is 1. The van der Waals surface area contributed by atoms with Crippen LogP contribution in [0.2, 0.25) is 0 Å². The Kier molecular flexibility index (Phi) is 7.88. The van der Waals surface area contributed by atoms with E-state index >= 15 is 0 Å². The SMILES string of the molecule is C=CCCC(=O)c1ccc(CCCCCCC)cc1. The third-order valence-corrected chi connectivity index (χ3v) is 3.42. The average Bonchev–Trinajstić information content (AvgIpc) is 2.45. The fourth-order valence-electron chi connectivity index (χ4n) is 2.17. The number of carbonyl (C=O) groups excluding carboxylic acids is 1. The van der Waals surface area contributed by atoms with Crippen LogP contribution in [-0.4, -0.2) is 5.78 Å². The smallest absolute Gasteiger partial charge is 0.163 e. The van der Waals surface area contributed by atoms with Crippen LogP contribution in [0.4, 0.5) is 0 Å². The van der Waals surface area contributed by atoms with Gasteiger partial charge in [-0.3, -0.25) is 4.79 Å². The Labute approximate surface area is 117 Å². The summed E-state index contributed by atoms with van der Waals surface area (Å²) in [4.78, 5) is 11.8. The zero-order valence-corrected chi connectivity index (χ0v) is 12.2. The summed E-state index contributed by atoms with van der Waals surface area (Å²) in [6, 6.07) is 8.13. The maximum absolute atomic E-state index is 11.8. The number of allylic oxidation sites excluding steroid dienone is 1. The lowest BCUT2D eigenvalue weighted by atomic mass is 10.0. The maximum atomic E-state index is 11.8. The summed E-state index contributed by atoms with van der Waals surface area (Å²) in [6.07, 6.45) is 10.8. The molecular weight excluding hydrogens is 232 g/mol. The van der Waals surface area contributed by atoms with E-state index in [1.165, 1.54) is 37.7 Å². The summed E-state index contributed by atoms with van der Waals surface area (Å²) in [7, 11) is 0. The Balaban J connectivity index is 2.34.